The maximum absolute atomic E-state index is 12.6. The number of carbonyl (C=O) groups excluding carboxylic acids is 2. The van der Waals surface area contributed by atoms with Gasteiger partial charge in [-0.2, -0.15) is 5.26 Å². The van der Waals surface area contributed by atoms with Crippen LogP contribution in [0.15, 0.2) is 60.7 Å². The molecule has 1 aliphatic rings. The van der Waals surface area contributed by atoms with Crippen molar-refractivity contribution in [3.63, 3.8) is 0 Å². The van der Waals surface area contributed by atoms with Crippen molar-refractivity contribution < 1.29 is 28.3 Å². The van der Waals surface area contributed by atoms with E-state index in [0.717, 1.165) is 0 Å². The summed E-state index contributed by atoms with van der Waals surface area (Å²) in [6.45, 7) is 1.37. The summed E-state index contributed by atoms with van der Waals surface area (Å²) in [4.78, 5) is 24.8. The van der Waals surface area contributed by atoms with E-state index in [9.17, 15) is 14.9 Å². The van der Waals surface area contributed by atoms with Crippen LogP contribution in [0, 0.1) is 16.7 Å². The minimum atomic E-state index is -1.30. The number of rotatable bonds is 6. The molecule has 2 unspecified atom stereocenters. The number of ether oxygens (including phenoxy) is 3. The number of esters is 2. The van der Waals surface area contributed by atoms with Crippen molar-refractivity contribution in [1.29, 1.82) is 5.26 Å². The van der Waals surface area contributed by atoms with Crippen LogP contribution < -0.4 is 0 Å². The zero-order chi connectivity index (χ0) is 20.9. The average molecular weight is 413 g/mol. The van der Waals surface area contributed by atoms with E-state index in [1.54, 1.807) is 67.6 Å². The molecular weight excluding hydrogens is 393 g/mol. The van der Waals surface area contributed by atoms with Crippen molar-refractivity contribution in [3.8, 4) is 6.07 Å². The summed E-state index contributed by atoms with van der Waals surface area (Å²) in [5.74, 6) is -1.15. The van der Waals surface area contributed by atoms with Gasteiger partial charge in [0.25, 0.3) is 0 Å². The first-order valence-electron chi connectivity index (χ1n) is 8.90. The number of nitrogens with zero attached hydrogens (tertiary/aromatic N) is 1. The fourth-order valence-electron chi connectivity index (χ4n) is 3.08. The zero-order valence-electron chi connectivity index (χ0n) is 15.7. The molecule has 2 aromatic rings. The second-order valence-electron chi connectivity index (χ2n) is 6.69. The van der Waals surface area contributed by atoms with Crippen molar-refractivity contribution in [1.82, 2.24) is 0 Å². The number of nitriles is 1. The summed E-state index contributed by atoms with van der Waals surface area (Å²) in [6.07, 6.45) is -2.86. The quantitative estimate of drug-likeness (QED) is 0.530. The Morgan fingerprint density at radius 3 is 2.14 bits per heavy atom. The van der Waals surface area contributed by atoms with E-state index >= 15 is 0 Å². The Morgan fingerprint density at radius 2 is 1.62 bits per heavy atom. The predicted octanol–water partition coefficient (Wildman–Crippen LogP) is 3.13. The van der Waals surface area contributed by atoms with Gasteiger partial charge in [0.1, 0.15) is 18.1 Å². The Hall–Kier alpha value is -2.78. The summed E-state index contributed by atoms with van der Waals surface area (Å²) in [7, 11) is 2.04. The SMILES string of the molecule is C[C@]1(C#N)C(OP)O[C@H](COC(=O)c2ccccc2)[C@H]1OC(=O)c1ccccc1. The Labute approximate surface area is 170 Å². The third kappa shape index (κ3) is 4.46. The standard InChI is InChI=1S/C21H20NO6P/c1-21(13-22)17(27-19(24)15-10-6-3-7-11-15)16(26-20(21)28-29)12-25-18(23)14-8-4-2-5-9-14/h2-11,16-17,20H,12,29H2,1H3/t16-,17-,20?,21-/m1/s1. The van der Waals surface area contributed by atoms with Crippen molar-refractivity contribution in [2.24, 2.45) is 5.41 Å². The molecule has 2 aromatic carbocycles. The molecule has 0 aliphatic carbocycles. The minimum absolute atomic E-state index is 0.206. The van der Waals surface area contributed by atoms with Gasteiger partial charge in [0.15, 0.2) is 12.4 Å². The van der Waals surface area contributed by atoms with Crippen LogP contribution in [0.1, 0.15) is 27.6 Å². The monoisotopic (exact) mass is 413 g/mol. The van der Waals surface area contributed by atoms with E-state index in [4.69, 9.17) is 18.7 Å². The second-order valence-corrected chi connectivity index (χ2v) is 6.97. The van der Waals surface area contributed by atoms with Crippen molar-refractivity contribution in [3.05, 3.63) is 71.8 Å². The molecule has 1 heterocycles. The lowest BCUT2D eigenvalue weighted by Crippen LogP contribution is -2.42. The highest BCUT2D eigenvalue weighted by Gasteiger charge is 2.57. The number of hydrogen-bond donors (Lipinski definition) is 0. The molecule has 0 radical (unpaired) electrons. The smallest absolute Gasteiger partial charge is 0.338 e. The van der Waals surface area contributed by atoms with E-state index in [0.29, 0.717) is 11.1 Å². The van der Waals surface area contributed by atoms with Crippen LogP contribution in [-0.4, -0.2) is 37.0 Å². The molecule has 0 saturated carbocycles. The van der Waals surface area contributed by atoms with Gasteiger partial charge in [-0.1, -0.05) is 36.4 Å². The summed E-state index contributed by atoms with van der Waals surface area (Å²) in [6, 6.07) is 19.0. The number of carbonyl (C=O) groups is 2. The molecule has 0 bridgehead atoms. The van der Waals surface area contributed by atoms with E-state index in [1.165, 1.54) is 0 Å². The Morgan fingerprint density at radius 1 is 1.07 bits per heavy atom. The maximum atomic E-state index is 12.6. The van der Waals surface area contributed by atoms with Crippen LogP contribution in [0.25, 0.3) is 0 Å². The molecule has 0 amide bonds. The predicted molar refractivity (Wildman–Crippen MR) is 106 cm³/mol. The van der Waals surface area contributed by atoms with Crippen LogP contribution in [0.2, 0.25) is 0 Å². The minimum Gasteiger partial charge on any atom is -0.459 e. The first-order valence-corrected chi connectivity index (χ1v) is 9.37. The van der Waals surface area contributed by atoms with Crippen LogP contribution in [0.5, 0.6) is 0 Å². The molecule has 7 nitrogen and oxygen atoms in total. The fourth-order valence-corrected chi connectivity index (χ4v) is 3.43. The van der Waals surface area contributed by atoms with Gasteiger partial charge >= 0.3 is 11.9 Å². The Kier molecular flexibility index (Phi) is 6.60. The van der Waals surface area contributed by atoms with Crippen LogP contribution in [0.3, 0.4) is 0 Å². The van der Waals surface area contributed by atoms with Gasteiger partial charge in [-0.05, 0) is 31.2 Å². The van der Waals surface area contributed by atoms with Gasteiger partial charge in [-0.3, -0.25) is 0 Å². The molecule has 150 valence electrons. The molecule has 29 heavy (non-hydrogen) atoms. The highest BCUT2D eigenvalue weighted by Crippen LogP contribution is 2.42. The zero-order valence-corrected chi connectivity index (χ0v) is 16.8. The van der Waals surface area contributed by atoms with Crippen LogP contribution >= 0.6 is 9.47 Å². The third-order valence-corrected chi connectivity index (χ3v) is 4.96. The normalized spacial score (nSPS) is 25.8. The van der Waals surface area contributed by atoms with Gasteiger partial charge in [-0.15, -0.1) is 0 Å². The molecule has 0 N–H and O–H groups in total. The molecule has 0 aromatic heterocycles. The lowest BCUT2D eigenvalue weighted by Gasteiger charge is -2.27. The topological polar surface area (TPSA) is 94.9 Å². The maximum Gasteiger partial charge on any atom is 0.338 e. The van der Waals surface area contributed by atoms with Crippen molar-refractivity contribution >= 4 is 21.4 Å². The van der Waals surface area contributed by atoms with E-state index in [2.05, 4.69) is 6.07 Å². The van der Waals surface area contributed by atoms with E-state index < -0.39 is 35.9 Å². The molecule has 0 spiro atoms. The van der Waals surface area contributed by atoms with E-state index in [-0.39, 0.29) is 6.61 Å². The van der Waals surface area contributed by atoms with Gasteiger partial charge in [0.05, 0.1) is 17.2 Å². The van der Waals surface area contributed by atoms with Gasteiger partial charge in [0.2, 0.25) is 0 Å². The highest BCUT2D eigenvalue weighted by molar-refractivity contribution is 7.09. The van der Waals surface area contributed by atoms with Crippen LogP contribution in [0.4, 0.5) is 0 Å². The lowest BCUT2D eigenvalue weighted by molar-refractivity contribution is -0.103. The summed E-state index contributed by atoms with van der Waals surface area (Å²) in [5.41, 5.74) is -0.580. The van der Waals surface area contributed by atoms with Gasteiger partial charge in [0, 0.05) is 9.47 Å². The molecule has 8 heteroatoms. The van der Waals surface area contributed by atoms with E-state index in [1.807, 2.05) is 9.47 Å². The third-order valence-electron chi connectivity index (χ3n) is 4.71. The van der Waals surface area contributed by atoms with Gasteiger partial charge in [-0.25, -0.2) is 9.59 Å². The fraction of sp³-hybridized carbons (Fsp3) is 0.286. The lowest BCUT2D eigenvalue weighted by atomic mass is 9.85. The highest BCUT2D eigenvalue weighted by atomic mass is 31.0. The summed E-state index contributed by atoms with van der Waals surface area (Å²) < 4.78 is 21.9. The van der Waals surface area contributed by atoms with Crippen molar-refractivity contribution in [2.75, 3.05) is 6.61 Å². The van der Waals surface area contributed by atoms with Crippen molar-refractivity contribution in [2.45, 2.75) is 25.4 Å². The number of hydrogen-bond acceptors (Lipinski definition) is 7. The largest absolute Gasteiger partial charge is 0.459 e. The molecule has 1 aliphatic heterocycles. The van der Waals surface area contributed by atoms with Gasteiger partial charge < -0.3 is 18.7 Å². The molecule has 5 atom stereocenters. The Bertz CT molecular complexity index is 900. The molecule has 1 saturated heterocycles. The Balaban J connectivity index is 1.77. The average Bonchev–Trinajstić information content (AvgIpc) is 3.04. The first-order chi connectivity index (χ1) is 14.0. The second kappa shape index (κ2) is 9.15. The summed E-state index contributed by atoms with van der Waals surface area (Å²) in [5, 5.41) is 9.74. The molecule has 3 rings (SSSR count). The molecule has 1 fully saturated rings. The van der Waals surface area contributed by atoms with Crippen LogP contribution in [-0.2, 0) is 18.7 Å². The first kappa shape index (κ1) is 20.9. The summed E-state index contributed by atoms with van der Waals surface area (Å²) >= 11 is 0. The molecular formula is C21H20NO6P. The number of benzene rings is 2.